The molecule has 0 fully saturated rings. The van der Waals surface area contributed by atoms with Crippen LogP contribution in [-0.4, -0.2) is 20.2 Å². The van der Waals surface area contributed by atoms with E-state index in [1.807, 2.05) is 36.4 Å². The van der Waals surface area contributed by atoms with Crippen molar-refractivity contribution in [3.63, 3.8) is 0 Å². The Morgan fingerprint density at radius 2 is 1.90 bits per heavy atom. The smallest absolute Gasteiger partial charge is 0.184 e. The van der Waals surface area contributed by atoms with Crippen molar-refractivity contribution in [2.45, 2.75) is 6.54 Å². The summed E-state index contributed by atoms with van der Waals surface area (Å²) in [5.74, 6) is 0.595. The number of tetrazole rings is 1. The summed E-state index contributed by atoms with van der Waals surface area (Å²) in [4.78, 5) is 0. The van der Waals surface area contributed by atoms with Crippen LogP contribution in [0, 0.1) is 0 Å². The maximum absolute atomic E-state index is 6.05. The lowest BCUT2D eigenvalue weighted by Crippen LogP contribution is -2.05. The van der Waals surface area contributed by atoms with E-state index in [-0.39, 0.29) is 0 Å². The fourth-order valence-electron chi connectivity index (χ4n) is 2.00. The molecule has 3 rings (SSSR count). The van der Waals surface area contributed by atoms with E-state index in [1.165, 1.54) is 0 Å². The number of halogens is 2. The second-order valence-electron chi connectivity index (χ2n) is 4.49. The highest BCUT2D eigenvalue weighted by Crippen LogP contribution is 2.29. The lowest BCUT2D eigenvalue weighted by atomic mass is 10.1. The summed E-state index contributed by atoms with van der Waals surface area (Å²) in [7, 11) is 0. The number of nitrogen functional groups attached to an aromatic ring is 1. The summed E-state index contributed by atoms with van der Waals surface area (Å²) < 4.78 is 2.73. The molecule has 1 heterocycles. The van der Waals surface area contributed by atoms with Gasteiger partial charge >= 0.3 is 0 Å². The van der Waals surface area contributed by atoms with Gasteiger partial charge in [-0.1, -0.05) is 45.7 Å². The summed E-state index contributed by atoms with van der Waals surface area (Å²) in [6.07, 6.45) is 0. The Morgan fingerprint density at radius 1 is 1.14 bits per heavy atom. The highest BCUT2D eigenvalue weighted by molar-refractivity contribution is 9.10. The lowest BCUT2D eigenvalue weighted by molar-refractivity contribution is 0.653. The highest BCUT2D eigenvalue weighted by atomic mass is 79.9. The first-order valence-corrected chi connectivity index (χ1v) is 7.37. The van der Waals surface area contributed by atoms with E-state index < -0.39 is 0 Å². The molecule has 0 radical (unpaired) electrons. The molecule has 5 nitrogen and oxygen atoms in total. The molecule has 2 aromatic carbocycles. The van der Waals surface area contributed by atoms with Crippen molar-refractivity contribution < 1.29 is 0 Å². The summed E-state index contributed by atoms with van der Waals surface area (Å²) in [6.45, 7) is 0.557. The third kappa shape index (κ3) is 2.91. The van der Waals surface area contributed by atoms with Crippen LogP contribution in [-0.2, 0) is 6.54 Å². The van der Waals surface area contributed by atoms with Crippen LogP contribution in [0.4, 0.5) is 5.69 Å². The van der Waals surface area contributed by atoms with Crippen LogP contribution < -0.4 is 5.73 Å². The van der Waals surface area contributed by atoms with Gasteiger partial charge in [0.1, 0.15) is 0 Å². The number of benzene rings is 2. The summed E-state index contributed by atoms with van der Waals surface area (Å²) in [5.41, 5.74) is 8.30. The number of para-hydroxylation sites is 1. The molecule has 3 aromatic rings. The maximum atomic E-state index is 6.05. The molecule has 0 atom stereocenters. The van der Waals surface area contributed by atoms with Crippen LogP contribution in [0.1, 0.15) is 5.56 Å². The van der Waals surface area contributed by atoms with Crippen molar-refractivity contribution in [1.82, 2.24) is 20.2 Å². The van der Waals surface area contributed by atoms with Crippen molar-refractivity contribution in [1.29, 1.82) is 0 Å². The lowest BCUT2D eigenvalue weighted by Gasteiger charge is -2.08. The summed E-state index contributed by atoms with van der Waals surface area (Å²) in [6, 6.07) is 13.4. The standard InChI is InChI=1S/C14H11BrClN5/c15-10-6-4-9(5-7-10)8-21-14(18-19-20-21)11-2-1-3-12(16)13(11)17/h1-7H,8,17H2. The Balaban J connectivity index is 1.97. The second-order valence-corrected chi connectivity index (χ2v) is 5.81. The molecule has 0 aliphatic carbocycles. The van der Waals surface area contributed by atoms with E-state index in [9.17, 15) is 0 Å². The predicted octanol–water partition coefficient (Wildman–Crippen LogP) is 3.39. The largest absolute Gasteiger partial charge is 0.397 e. The SMILES string of the molecule is Nc1c(Cl)cccc1-c1nnnn1Cc1ccc(Br)cc1. The van der Waals surface area contributed by atoms with Crippen molar-refractivity contribution in [3.05, 3.63) is 57.5 Å². The van der Waals surface area contributed by atoms with Gasteiger partial charge in [0.05, 0.1) is 17.3 Å². The molecule has 0 aliphatic rings. The van der Waals surface area contributed by atoms with Crippen molar-refractivity contribution in [3.8, 4) is 11.4 Å². The first-order valence-electron chi connectivity index (χ1n) is 6.20. The normalized spacial score (nSPS) is 10.8. The third-order valence-electron chi connectivity index (χ3n) is 3.07. The Morgan fingerprint density at radius 3 is 2.67 bits per heavy atom. The van der Waals surface area contributed by atoms with Crippen LogP contribution in [0.3, 0.4) is 0 Å². The quantitative estimate of drug-likeness (QED) is 0.723. The summed E-state index contributed by atoms with van der Waals surface area (Å²) >= 11 is 9.47. The molecule has 0 spiro atoms. The number of rotatable bonds is 3. The fourth-order valence-corrected chi connectivity index (χ4v) is 2.44. The monoisotopic (exact) mass is 363 g/mol. The van der Waals surface area contributed by atoms with Crippen LogP contribution in [0.5, 0.6) is 0 Å². The van der Waals surface area contributed by atoms with Gasteiger partial charge in [-0.15, -0.1) is 5.10 Å². The molecule has 7 heteroatoms. The molecule has 0 aliphatic heterocycles. The Hall–Kier alpha value is -1.92. The molecule has 1 aromatic heterocycles. The van der Waals surface area contributed by atoms with E-state index in [0.717, 1.165) is 15.6 Å². The number of nitrogens with zero attached hydrogens (tertiary/aromatic N) is 4. The van der Waals surface area contributed by atoms with Gasteiger partial charge in [-0.05, 0) is 40.3 Å². The van der Waals surface area contributed by atoms with Crippen molar-refractivity contribution in [2.75, 3.05) is 5.73 Å². The minimum Gasteiger partial charge on any atom is -0.397 e. The third-order valence-corrected chi connectivity index (χ3v) is 3.93. The zero-order valence-corrected chi connectivity index (χ0v) is 13.2. The molecular formula is C14H11BrClN5. The van der Waals surface area contributed by atoms with E-state index in [1.54, 1.807) is 10.7 Å². The Bertz CT molecular complexity index is 769. The molecule has 21 heavy (non-hydrogen) atoms. The average Bonchev–Trinajstić information content (AvgIpc) is 2.92. The van der Waals surface area contributed by atoms with Gasteiger partial charge in [0, 0.05) is 10.0 Å². The molecule has 0 bridgehead atoms. The predicted molar refractivity (Wildman–Crippen MR) is 85.9 cm³/mol. The van der Waals surface area contributed by atoms with Crippen LogP contribution in [0.2, 0.25) is 5.02 Å². The average molecular weight is 365 g/mol. The molecule has 0 saturated carbocycles. The van der Waals surface area contributed by atoms with Crippen LogP contribution >= 0.6 is 27.5 Å². The van der Waals surface area contributed by atoms with Crippen LogP contribution in [0.15, 0.2) is 46.9 Å². The first-order chi connectivity index (χ1) is 10.1. The Kier molecular flexibility index (Phi) is 3.90. The molecule has 0 saturated heterocycles. The molecule has 106 valence electrons. The number of aromatic nitrogens is 4. The zero-order valence-electron chi connectivity index (χ0n) is 10.9. The maximum Gasteiger partial charge on any atom is 0.184 e. The second kappa shape index (κ2) is 5.83. The van der Waals surface area contributed by atoms with Gasteiger partial charge < -0.3 is 5.73 Å². The van der Waals surface area contributed by atoms with E-state index >= 15 is 0 Å². The molecular weight excluding hydrogens is 354 g/mol. The number of anilines is 1. The van der Waals surface area contributed by atoms with Gasteiger partial charge in [-0.25, -0.2) is 4.68 Å². The Labute approximate surface area is 134 Å². The molecule has 0 unspecified atom stereocenters. The van der Waals surface area contributed by atoms with Gasteiger partial charge in [-0.3, -0.25) is 0 Å². The van der Waals surface area contributed by atoms with Gasteiger partial charge in [-0.2, -0.15) is 0 Å². The van der Waals surface area contributed by atoms with Crippen LogP contribution in [0.25, 0.3) is 11.4 Å². The topological polar surface area (TPSA) is 69.6 Å². The molecule has 0 amide bonds. The van der Waals surface area contributed by atoms with Crippen molar-refractivity contribution in [2.24, 2.45) is 0 Å². The number of hydrogen-bond acceptors (Lipinski definition) is 4. The van der Waals surface area contributed by atoms with E-state index in [0.29, 0.717) is 23.1 Å². The number of nitrogens with two attached hydrogens (primary N) is 1. The minimum absolute atomic E-state index is 0.478. The van der Waals surface area contributed by atoms with Gasteiger partial charge in [0.25, 0.3) is 0 Å². The number of hydrogen-bond donors (Lipinski definition) is 1. The molecule has 2 N–H and O–H groups in total. The van der Waals surface area contributed by atoms with Crippen molar-refractivity contribution >= 4 is 33.2 Å². The fraction of sp³-hybridized carbons (Fsp3) is 0.0714. The van der Waals surface area contributed by atoms with E-state index in [2.05, 4.69) is 31.5 Å². The van der Waals surface area contributed by atoms with Gasteiger partial charge in [0.15, 0.2) is 5.82 Å². The summed E-state index contributed by atoms with van der Waals surface area (Å²) in [5, 5.41) is 12.3. The van der Waals surface area contributed by atoms with Gasteiger partial charge in [0.2, 0.25) is 0 Å². The first kappa shape index (κ1) is 14.0. The minimum atomic E-state index is 0.478. The highest BCUT2D eigenvalue weighted by Gasteiger charge is 2.13. The van der Waals surface area contributed by atoms with E-state index in [4.69, 9.17) is 17.3 Å². The zero-order chi connectivity index (χ0) is 14.8.